The molecule has 3 nitrogen and oxygen atoms in total. The SMILES string of the molecule is C=CCNN1CCN(Cc2ccccc2)CC1. The van der Waals surface area contributed by atoms with E-state index in [1.165, 1.54) is 5.56 Å². The Morgan fingerprint density at radius 3 is 2.47 bits per heavy atom. The van der Waals surface area contributed by atoms with E-state index >= 15 is 0 Å². The molecule has 92 valence electrons. The van der Waals surface area contributed by atoms with Gasteiger partial charge in [-0.2, -0.15) is 0 Å². The average Bonchev–Trinajstić information content (AvgIpc) is 2.39. The summed E-state index contributed by atoms with van der Waals surface area (Å²) in [6.07, 6.45) is 1.90. The summed E-state index contributed by atoms with van der Waals surface area (Å²) in [6.45, 7) is 10.1. The van der Waals surface area contributed by atoms with Crippen molar-refractivity contribution in [3.05, 3.63) is 48.6 Å². The predicted molar refractivity (Wildman–Crippen MR) is 71.5 cm³/mol. The summed E-state index contributed by atoms with van der Waals surface area (Å²) in [5.74, 6) is 0. The van der Waals surface area contributed by atoms with E-state index < -0.39 is 0 Å². The van der Waals surface area contributed by atoms with E-state index in [1.54, 1.807) is 0 Å². The topological polar surface area (TPSA) is 18.5 Å². The molecule has 1 fully saturated rings. The van der Waals surface area contributed by atoms with Crippen molar-refractivity contribution in [3.63, 3.8) is 0 Å². The maximum Gasteiger partial charge on any atom is 0.0280 e. The molecule has 0 unspecified atom stereocenters. The lowest BCUT2D eigenvalue weighted by Crippen LogP contribution is -2.51. The van der Waals surface area contributed by atoms with Crippen LogP contribution in [0.15, 0.2) is 43.0 Å². The minimum absolute atomic E-state index is 0.860. The third-order valence-electron chi connectivity index (χ3n) is 3.08. The smallest absolute Gasteiger partial charge is 0.0280 e. The summed E-state index contributed by atoms with van der Waals surface area (Å²) >= 11 is 0. The van der Waals surface area contributed by atoms with E-state index in [0.29, 0.717) is 0 Å². The van der Waals surface area contributed by atoms with E-state index in [1.807, 2.05) is 6.08 Å². The zero-order chi connectivity index (χ0) is 11.9. The largest absolute Gasteiger partial charge is 0.296 e. The molecule has 1 heterocycles. The molecular formula is C14H21N3. The van der Waals surface area contributed by atoms with Crippen molar-refractivity contribution < 1.29 is 0 Å². The van der Waals surface area contributed by atoms with Crippen LogP contribution in [0.4, 0.5) is 0 Å². The fourth-order valence-electron chi connectivity index (χ4n) is 2.10. The van der Waals surface area contributed by atoms with Gasteiger partial charge in [-0.1, -0.05) is 36.4 Å². The second-order valence-corrected chi connectivity index (χ2v) is 4.40. The van der Waals surface area contributed by atoms with Crippen LogP contribution in [0, 0.1) is 0 Å². The highest BCUT2D eigenvalue weighted by atomic mass is 15.5. The Kier molecular flexibility index (Phi) is 4.74. The van der Waals surface area contributed by atoms with Crippen molar-refractivity contribution in [1.82, 2.24) is 15.3 Å². The monoisotopic (exact) mass is 231 g/mol. The van der Waals surface area contributed by atoms with E-state index in [-0.39, 0.29) is 0 Å². The van der Waals surface area contributed by atoms with Crippen LogP contribution < -0.4 is 5.43 Å². The number of benzene rings is 1. The highest BCUT2D eigenvalue weighted by molar-refractivity contribution is 5.14. The van der Waals surface area contributed by atoms with Crippen molar-refractivity contribution >= 4 is 0 Å². The number of nitrogens with one attached hydrogen (secondary N) is 1. The van der Waals surface area contributed by atoms with Crippen molar-refractivity contribution in [2.45, 2.75) is 6.54 Å². The Hall–Kier alpha value is -1.16. The third kappa shape index (κ3) is 3.97. The van der Waals surface area contributed by atoms with Gasteiger partial charge < -0.3 is 0 Å². The Balaban J connectivity index is 1.74. The van der Waals surface area contributed by atoms with Gasteiger partial charge in [0.05, 0.1) is 0 Å². The molecule has 1 saturated heterocycles. The molecule has 0 spiro atoms. The molecule has 1 aliphatic heterocycles. The molecule has 0 amide bonds. The van der Waals surface area contributed by atoms with E-state index in [2.05, 4.69) is 52.2 Å². The molecule has 0 aliphatic carbocycles. The van der Waals surface area contributed by atoms with Gasteiger partial charge in [0.25, 0.3) is 0 Å². The first-order chi connectivity index (χ1) is 8.38. The molecule has 3 heteroatoms. The molecular weight excluding hydrogens is 210 g/mol. The summed E-state index contributed by atoms with van der Waals surface area (Å²) in [7, 11) is 0. The molecule has 0 bridgehead atoms. The average molecular weight is 231 g/mol. The number of hydrogen-bond donors (Lipinski definition) is 1. The first-order valence-electron chi connectivity index (χ1n) is 6.24. The normalized spacial score (nSPS) is 18.1. The first-order valence-corrected chi connectivity index (χ1v) is 6.24. The van der Waals surface area contributed by atoms with Gasteiger partial charge in [-0.15, -0.1) is 6.58 Å². The van der Waals surface area contributed by atoms with Gasteiger partial charge in [0.2, 0.25) is 0 Å². The van der Waals surface area contributed by atoms with Gasteiger partial charge in [-0.3, -0.25) is 10.3 Å². The van der Waals surface area contributed by atoms with Crippen molar-refractivity contribution in [2.75, 3.05) is 32.7 Å². The molecule has 0 saturated carbocycles. The van der Waals surface area contributed by atoms with E-state index in [4.69, 9.17) is 0 Å². The van der Waals surface area contributed by atoms with Gasteiger partial charge in [0.1, 0.15) is 0 Å². The van der Waals surface area contributed by atoms with Gasteiger partial charge in [0.15, 0.2) is 0 Å². The van der Waals surface area contributed by atoms with Crippen LogP contribution in [-0.2, 0) is 6.54 Å². The lowest BCUT2D eigenvalue weighted by atomic mass is 10.2. The van der Waals surface area contributed by atoms with E-state index in [9.17, 15) is 0 Å². The first kappa shape index (κ1) is 12.3. The molecule has 1 N–H and O–H groups in total. The third-order valence-corrected chi connectivity index (χ3v) is 3.08. The minimum Gasteiger partial charge on any atom is -0.296 e. The lowest BCUT2D eigenvalue weighted by Gasteiger charge is -2.34. The molecule has 1 aromatic carbocycles. The molecule has 0 radical (unpaired) electrons. The maximum atomic E-state index is 3.72. The van der Waals surface area contributed by atoms with E-state index in [0.717, 1.165) is 39.3 Å². The van der Waals surface area contributed by atoms with Crippen LogP contribution in [-0.4, -0.2) is 42.6 Å². The summed E-state index contributed by atoms with van der Waals surface area (Å²) in [5, 5.41) is 2.28. The second kappa shape index (κ2) is 6.55. The molecule has 2 rings (SSSR count). The van der Waals surface area contributed by atoms with Crippen molar-refractivity contribution in [2.24, 2.45) is 0 Å². The Labute approximate surface area is 104 Å². The number of nitrogens with zero attached hydrogens (tertiary/aromatic N) is 2. The quantitative estimate of drug-likeness (QED) is 0.775. The van der Waals surface area contributed by atoms with Gasteiger partial charge in [-0.25, -0.2) is 5.01 Å². The second-order valence-electron chi connectivity index (χ2n) is 4.40. The van der Waals surface area contributed by atoms with Crippen LogP contribution in [0.3, 0.4) is 0 Å². The Bertz CT molecular complexity index is 329. The lowest BCUT2D eigenvalue weighted by molar-refractivity contribution is 0.0898. The molecule has 1 aliphatic rings. The predicted octanol–water partition coefficient (Wildman–Crippen LogP) is 1.49. The maximum absolute atomic E-state index is 3.72. The number of piperazine rings is 1. The molecule has 1 aromatic rings. The summed E-state index contributed by atoms with van der Waals surface area (Å²) in [4.78, 5) is 2.50. The summed E-state index contributed by atoms with van der Waals surface area (Å²) in [5.41, 5.74) is 4.75. The molecule has 0 aromatic heterocycles. The molecule has 0 atom stereocenters. The zero-order valence-corrected chi connectivity index (χ0v) is 10.3. The number of hydrazine groups is 1. The molecule has 17 heavy (non-hydrogen) atoms. The van der Waals surface area contributed by atoms with Crippen molar-refractivity contribution in [1.29, 1.82) is 0 Å². The van der Waals surface area contributed by atoms with Gasteiger partial charge in [-0.05, 0) is 5.56 Å². The van der Waals surface area contributed by atoms with Crippen LogP contribution in [0.5, 0.6) is 0 Å². The summed E-state index contributed by atoms with van der Waals surface area (Å²) < 4.78 is 0. The van der Waals surface area contributed by atoms with Gasteiger partial charge >= 0.3 is 0 Å². The number of hydrogen-bond acceptors (Lipinski definition) is 3. The highest BCUT2D eigenvalue weighted by Crippen LogP contribution is 2.06. The minimum atomic E-state index is 0.860. The van der Waals surface area contributed by atoms with Crippen LogP contribution in [0.1, 0.15) is 5.56 Å². The van der Waals surface area contributed by atoms with Crippen molar-refractivity contribution in [3.8, 4) is 0 Å². The summed E-state index contributed by atoms with van der Waals surface area (Å²) in [6, 6.07) is 10.7. The Morgan fingerprint density at radius 1 is 1.12 bits per heavy atom. The fourth-order valence-corrected chi connectivity index (χ4v) is 2.10. The Morgan fingerprint density at radius 2 is 1.82 bits per heavy atom. The van der Waals surface area contributed by atoms with Crippen LogP contribution in [0.2, 0.25) is 0 Å². The van der Waals surface area contributed by atoms with Gasteiger partial charge in [0, 0.05) is 39.3 Å². The standard InChI is InChI=1S/C14H21N3/c1-2-8-15-17-11-9-16(10-12-17)13-14-6-4-3-5-7-14/h2-7,15H,1,8-13H2. The van der Waals surface area contributed by atoms with Crippen LogP contribution >= 0.6 is 0 Å². The zero-order valence-electron chi connectivity index (χ0n) is 10.3. The number of rotatable bonds is 5. The fraction of sp³-hybridized carbons (Fsp3) is 0.429. The van der Waals surface area contributed by atoms with Crippen LogP contribution in [0.25, 0.3) is 0 Å². The highest BCUT2D eigenvalue weighted by Gasteiger charge is 2.15.